The second-order valence-electron chi connectivity index (χ2n) is 6.36. The number of morpholine rings is 1. The lowest BCUT2D eigenvalue weighted by Crippen LogP contribution is -2.45. The Morgan fingerprint density at radius 2 is 1.96 bits per heavy atom. The molecule has 0 spiro atoms. The summed E-state index contributed by atoms with van der Waals surface area (Å²) >= 11 is 0. The largest absolute Gasteiger partial charge is 0.416 e. The van der Waals surface area contributed by atoms with E-state index in [0.29, 0.717) is 18.3 Å². The second kappa shape index (κ2) is 6.60. The van der Waals surface area contributed by atoms with Crippen LogP contribution in [0.5, 0.6) is 0 Å². The van der Waals surface area contributed by atoms with Gasteiger partial charge in [0.05, 0.1) is 18.3 Å². The summed E-state index contributed by atoms with van der Waals surface area (Å²) in [7, 11) is 0. The van der Waals surface area contributed by atoms with Gasteiger partial charge in [0, 0.05) is 30.9 Å². The molecule has 2 aliphatic rings. The van der Waals surface area contributed by atoms with Crippen LogP contribution in [0.15, 0.2) is 24.3 Å². The molecular formula is C16H20F3N3O2. The molecule has 24 heavy (non-hydrogen) atoms. The number of anilines is 1. The molecular weight excluding hydrogens is 323 g/mol. The highest BCUT2D eigenvalue weighted by atomic mass is 19.4. The van der Waals surface area contributed by atoms with Crippen LogP contribution in [0, 0.1) is 0 Å². The number of halogens is 3. The highest BCUT2D eigenvalue weighted by molar-refractivity contribution is 5.89. The van der Waals surface area contributed by atoms with Gasteiger partial charge in [-0.15, -0.1) is 0 Å². The summed E-state index contributed by atoms with van der Waals surface area (Å²) in [6.07, 6.45) is -3.37. The van der Waals surface area contributed by atoms with Gasteiger partial charge in [-0.3, -0.25) is 4.90 Å². The van der Waals surface area contributed by atoms with Crippen molar-refractivity contribution < 1.29 is 22.7 Å². The molecule has 0 unspecified atom stereocenters. The number of nitrogens with one attached hydrogen (secondary N) is 2. The average molecular weight is 343 g/mol. The van der Waals surface area contributed by atoms with Crippen LogP contribution in [-0.2, 0) is 10.9 Å². The Labute approximate surface area is 138 Å². The minimum Gasteiger partial charge on any atom is -0.376 e. The van der Waals surface area contributed by atoms with Gasteiger partial charge in [0.15, 0.2) is 0 Å². The number of ether oxygens (including phenoxy) is 1. The first-order chi connectivity index (χ1) is 11.3. The predicted octanol–water partition coefficient (Wildman–Crippen LogP) is 2.69. The first-order valence-corrected chi connectivity index (χ1v) is 7.91. The molecule has 2 aliphatic heterocycles. The highest BCUT2D eigenvalue weighted by Gasteiger charge is 2.36. The molecule has 2 fully saturated rings. The lowest BCUT2D eigenvalue weighted by Gasteiger charge is -2.33. The third-order valence-corrected chi connectivity index (χ3v) is 4.40. The molecule has 3 atom stereocenters. The highest BCUT2D eigenvalue weighted by Crippen LogP contribution is 2.29. The molecule has 1 aromatic rings. The lowest BCUT2D eigenvalue weighted by atomic mass is 10.1. The van der Waals surface area contributed by atoms with Crippen LogP contribution in [-0.4, -0.2) is 48.8 Å². The molecule has 0 aliphatic carbocycles. The van der Waals surface area contributed by atoms with Gasteiger partial charge in [-0.25, -0.2) is 4.79 Å². The fraction of sp³-hybridized carbons (Fsp3) is 0.562. The number of amides is 2. The van der Waals surface area contributed by atoms with Crippen molar-refractivity contribution in [1.29, 1.82) is 0 Å². The number of hydrogen-bond acceptors (Lipinski definition) is 3. The molecule has 8 heteroatoms. The van der Waals surface area contributed by atoms with E-state index in [9.17, 15) is 18.0 Å². The Balaban J connectivity index is 1.51. The van der Waals surface area contributed by atoms with Crippen molar-refractivity contribution in [2.24, 2.45) is 0 Å². The first-order valence-electron chi connectivity index (χ1n) is 7.91. The van der Waals surface area contributed by atoms with Crippen molar-refractivity contribution in [3.8, 4) is 0 Å². The summed E-state index contributed by atoms with van der Waals surface area (Å²) in [5, 5.41) is 5.44. The molecule has 3 rings (SSSR count). The summed E-state index contributed by atoms with van der Waals surface area (Å²) < 4.78 is 43.2. The topological polar surface area (TPSA) is 53.6 Å². The minimum absolute atomic E-state index is 0.0124. The SMILES string of the molecule is C[C@@H]1CN2C[C@@H](NC(=O)Nc3ccc(C(F)(F)F)cc3)C[C@H]2CO1. The fourth-order valence-corrected chi connectivity index (χ4v) is 3.24. The van der Waals surface area contributed by atoms with Gasteiger partial charge in [0.25, 0.3) is 0 Å². The third-order valence-electron chi connectivity index (χ3n) is 4.40. The number of rotatable bonds is 2. The van der Waals surface area contributed by atoms with Crippen molar-refractivity contribution in [2.75, 3.05) is 25.0 Å². The molecule has 2 N–H and O–H groups in total. The normalized spacial score (nSPS) is 27.6. The zero-order chi connectivity index (χ0) is 17.3. The standard InChI is InChI=1S/C16H20F3N3O2/c1-10-7-22-8-13(6-14(22)9-24-10)21-15(23)20-12-4-2-11(3-5-12)16(17,18)19/h2-5,10,13-14H,6-9H2,1H3,(H2,20,21,23)/t10-,13+,14+/m1/s1. The van der Waals surface area contributed by atoms with Crippen molar-refractivity contribution >= 4 is 11.7 Å². The van der Waals surface area contributed by atoms with Crippen molar-refractivity contribution in [1.82, 2.24) is 10.2 Å². The van der Waals surface area contributed by atoms with E-state index in [0.717, 1.165) is 31.6 Å². The lowest BCUT2D eigenvalue weighted by molar-refractivity contribution is -0.137. The predicted molar refractivity (Wildman–Crippen MR) is 82.8 cm³/mol. The van der Waals surface area contributed by atoms with Gasteiger partial charge in [-0.2, -0.15) is 13.2 Å². The van der Waals surface area contributed by atoms with Crippen LogP contribution in [0.3, 0.4) is 0 Å². The Bertz CT molecular complexity index is 591. The van der Waals surface area contributed by atoms with E-state index in [2.05, 4.69) is 15.5 Å². The molecule has 0 aromatic heterocycles. The third kappa shape index (κ3) is 3.99. The Morgan fingerprint density at radius 1 is 1.25 bits per heavy atom. The monoisotopic (exact) mass is 343 g/mol. The first kappa shape index (κ1) is 17.0. The van der Waals surface area contributed by atoms with Crippen molar-refractivity contribution in [3.05, 3.63) is 29.8 Å². The van der Waals surface area contributed by atoms with Gasteiger partial charge in [-0.05, 0) is 37.6 Å². The number of urea groups is 1. The van der Waals surface area contributed by atoms with E-state index >= 15 is 0 Å². The van der Waals surface area contributed by atoms with E-state index in [1.807, 2.05) is 6.92 Å². The summed E-state index contributed by atoms with van der Waals surface area (Å²) in [5.74, 6) is 0. The van der Waals surface area contributed by atoms with Crippen LogP contribution in [0.4, 0.5) is 23.7 Å². The maximum absolute atomic E-state index is 12.5. The maximum Gasteiger partial charge on any atom is 0.416 e. The van der Waals surface area contributed by atoms with Gasteiger partial charge in [0.1, 0.15) is 0 Å². The molecule has 0 bridgehead atoms. The van der Waals surface area contributed by atoms with E-state index in [1.54, 1.807) is 0 Å². The zero-order valence-corrected chi connectivity index (χ0v) is 13.3. The summed E-state index contributed by atoms with van der Waals surface area (Å²) in [4.78, 5) is 14.3. The van der Waals surface area contributed by atoms with Gasteiger partial charge >= 0.3 is 12.2 Å². The minimum atomic E-state index is -4.38. The molecule has 2 saturated heterocycles. The Kier molecular flexibility index (Phi) is 4.69. The Morgan fingerprint density at radius 3 is 2.62 bits per heavy atom. The smallest absolute Gasteiger partial charge is 0.376 e. The summed E-state index contributed by atoms with van der Waals surface area (Å²) in [6, 6.07) is 4.31. The molecule has 1 aromatic carbocycles. The Hall–Kier alpha value is -1.80. The number of benzene rings is 1. The fourth-order valence-electron chi connectivity index (χ4n) is 3.24. The number of carbonyl (C=O) groups is 1. The van der Waals surface area contributed by atoms with Gasteiger partial charge in [-0.1, -0.05) is 0 Å². The van der Waals surface area contributed by atoms with E-state index in [4.69, 9.17) is 4.74 Å². The number of nitrogens with zero attached hydrogens (tertiary/aromatic N) is 1. The van der Waals surface area contributed by atoms with E-state index in [1.165, 1.54) is 12.1 Å². The summed E-state index contributed by atoms with van der Waals surface area (Å²) in [5.41, 5.74) is -0.413. The van der Waals surface area contributed by atoms with Crippen LogP contribution in [0.1, 0.15) is 18.9 Å². The van der Waals surface area contributed by atoms with Crippen LogP contribution < -0.4 is 10.6 Å². The number of alkyl halides is 3. The summed E-state index contributed by atoms with van der Waals surface area (Å²) in [6.45, 7) is 4.30. The molecule has 2 amide bonds. The number of carbonyl (C=O) groups excluding carboxylic acids is 1. The van der Waals surface area contributed by atoms with Gasteiger partial charge < -0.3 is 15.4 Å². The van der Waals surface area contributed by atoms with Crippen LogP contribution in [0.25, 0.3) is 0 Å². The number of hydrogen-bond donors (Lipinski definition) is 2. The van der Waals surface area contributed by atoms with Gasteiger partial charge in [0.2, 0.25) is 0 Å². The molecule has 5 nitrogen and oxygen atoms in total. The van der Waals surface area contributed by atoms with Crippen molar-refractivity contribution in [3.63, 3.8) is 0 Å². The average Bonchev–Trinajstić information content (AvgIpc) is 2.87. The molecule has 0 radical (unpaired) electrons. The molecule has 0 saturated carbocycles. The maximum atomic E-state index is 12.5. The van der Waals surface area contributed by atoms with E-state index < -0.39 is 17.8 Å². The molecule has 2 heterocycles. The second-order valence-corrected chi connectivity index (χ2v) is 6.36. The zero-order valence-electron chi connectivity index (χ0n) is 13.3. The molecule has 132 valence electrons. The quantitative estimate of drug-likeness (QED) is 0.868. The van der Waals surface area contributed by atoms with Crippen LogP contribution >= 0.6 is 0 Å². The van der Waals surface area contributed by atoms with Crippen LogP contribution in [0.2, 0.25) is 0 Å². The number of fused-ring (bicyclic) bond motifs is 1. The van der Waals surface area contributed by atoms with E-state index in [-0.39, 0.29) is 12.1 Å². The van der Waals surface area contributed by atoms with Crippen molar-refractivity contribution in [2.45, 2.75) is 37.7 Å².